The number of methoxy groups -OCH3 is 1. The average molecular weight is 501 g/mol. The minimum atomic E-state index is -0.515. The molecule has 4 aromatic rings. The van der Waals surface area contributed by atoms with Gasteiger partial charge in [-0.1, -0.05) is 11.6 Å². The van der Waals surface area contributed by atoms with E-state index in [1.807, 2.05) is 0 Å². The van der Waals surface area contributed by atoms with Crippen molar-refractivity contribution in [2.75, 3.05) is 12.4 Å². The highest BCUT2D eigenvalue weighted by atomic mass is 35.5. The number of carbonyl (C=O) groups excluding carboxylic acids is 1. The Balaban J connectivity index is 1.54. The van der Waals surface area contributed by atoms with Crippen LogP contribution in [0.4, 0.5) is 15.9 Å². The molecule has 0 radical (unpaired) electrons. The van der Waals surface area contributed by atoms with Gasteiger partial charge in [0, 0.05) is 36.0 Å². The summed E-state index contributed by atoms with van der Waals surface area (Å²) in [7, 11) is 1.52. The number of halogens is 2. The second kappa shape index (κ2) is 11.0. The van der Waals surface area contributed by atoms with Gasteiger partial charge in [-0.3, -0.25) is 10.0 Å². The van der Waals surface area contributed by atoms with E-state index in [0.29, 0.717) is 58.9 Å². The number of furan rings is 1. The first-order valence-corrected chi connectivity index (χ1v) is 11.1. The van der Waals surface area contributed by atoms with Crippen LogP contribution in [0.1, 0.15) is 25.0 Å². The Bertz CT molecular complexity index is 1350. The summed E-state index contributed by atoms with van der Waals surface area (Å²) in [5.41, 5.74) is 2.77. The number of aromatic nitrogens is 2. The summed E-state index contributed by atoms with van der Waals surface area (Å²) in [6.07, 6.45) is 3.56. The van der Waals surface area contributed by atoms with Crippen molar-refractivity contribution in [3.8, 4) is 17.4 Å². The van der Waals surface area contributed by atoms with Gasteiger partial charge in [-0.25, -0.2) is 19.8 Å². The third kappa shape index (κ3) is 5.97. The first kappa shape index (κ1) is 24.2. The molecule has 11 heteroatoms. The standard InChI is InChI=1S/C24H22ClFN4O5/c1-33-20-12-19-16(24(28-13-27-19)29-14-6-8-18(26)17(25)10-14)11-21(20)35-23-9-7-15(34-23)4-2-3-5-22(31)30-32/h6-13,32H,2-5H2,1H3,(H,30,31)(H,27,28,29). The maximum Gasteiger partial charge on any atom is 0.290 e. The molecule has 35 heavy (non-hydrogen) atoms. The highest BCUT2D eigenvalue weighted by molar-refractivity contribution is 6.31. The van der Waals surface area contributed by atoms with Gasteiger partial charge in [0.1, 0.15) is 23.7 Å². The van der Waals surface area contributed by atoms with Crippen LogP contribution in [-0.2, 0) is 11.2 Å². The van der Waals surface area contributed by atoms with E-state index < -0.39 is 11.7 Å². The Hall–Kier alpha value is -3.89. The Kier molecular flexibility index (Phi) is 7.64. The van der Waals surface area contributed by atoms with Crippen LogP contribution in [0.15, 0.2) is 53.2 Å². The molecular formula is C24H22ClFN4O5. The number of carbonyl (C=O) groups is 1. The number of rotatable bonds is 10. The molecule has 0 saturated heterocycles. The number of amides is 1. The molecule has 9 nitrogen and oxygen atoms in total. The van der Waals surface area contributed by atoms with E-state index in [-0.39, 0.29) is 17.4 Å². The lowest BCUT2D eigenvalue weighted by molar-refractivity contribution is -0.129. The van der Waals surface area contributed by atoms with E-state index in [1.165, 1.54) is 25.6 Å². The Morgan fingerprint density at radius 3 is 2.77 bits per heavy atom. The van der Waals surface area contributed by atoms with Gasteiger partial charge in [0.25, 0.3) is 5.95 Å². The molecule has 0 aliphatic rings. The maximum atomic E-state index is 13.5. The molecule has 0 bridgehead atoms. The highest BCUT2D eigenvalue weighted by Gasteiger charge is 2.15. The van der Waals surface area contributed by atoms with Crippen LogP contribution in [-0.4, -0.2) is 28.2 Å². The van der Waals surface area contributed by atoms with Crippen LogP contribution in [0, 0.1) is 5.82 Å². The quantitative estimate of drug-likeness (QED) is 0.142. The van der Waals surface area contributed by atoms with E-state index in [9.17, 15) is 9.18 Å². The summed E-state index contributed by atoms with van der Waals surface area (Å²) in [4.78, 5) is 19.7. The lowest BCUT2D eigenvalue weighted by Gasteiger charge is -2.13. The van der Waals surface area contributed by atoms with Crippen LogP contribution in [0.5, 0.6) is 17.4 Å². The third-order valence-corrected chi connectivity index (χ3v) is 5.44. The van der Waals surface area contributed by atoms with Crippen molar-refractivity contribution >= 4 is 39.9 Å². The molecule has 0 spiro atoms. The maximum absolute atomic E-state index is 13.5. The number of nitrogens with one attached hydrogen (secondary N) is 2. The largest absolute Gasteiger partial charge is 0.493 e. The number of aryl methyl sites for hydroxylation is 1. The Labute approximate surface area is 204 Å². The SMILES string of the molecule is COc1cc2ncnc(Nc3ccc(F)c(Cl)c3)c2cc1Oc1ccc(CCCCC(=O)NO)o1. The van der Waals surface area contributed by atoms with Crippen molar-refractivity contribution in [2.24, 2.45) is 0 Å². The molecule has 0 aliphatic heterocycles. The molecule has 1 amide bonds. The Morgan fingerprint density at radius 2 is 2.00 bits per heavy atom. The summed E-state index contributed by atoms with van der Waals surface area (Å²) >= 11 is 5.89. The second-order valence-corrected chi connectivity index (χ2v) is 7.97. The first-order chi connectivity index (χ1) is 17.0. The zero-order chi connectivity index (χ0) is 24.8. The van der Waals surface area contributed by atoms with Crippen molar-refractivity contribution in [2.45, 2.75) is 25.7 Å². The number of anilines is 2. The summed E-state index contributed by atoms with van der Waals surface area (Å²) in [6.45, 7) is 0. The topological polar surface area (TPSA) is 119 Å². The predicted octanol–water partition coefficient (Wildman–Crippen LogP) is 5.78. The molecule has 4 rings (SSSR count). The number of hydroxylamine groups is 1. The molecule has 0 unspecified atom stereocenters. The smallest absolute Gasteiger partial charge is 0.290 e. The minimum Gasteiger partial charge on any atom is -0.493 e. The van der Waals surface area contributed by atoms with Crippen molar-refractivity contribution in [1.82, 2.24) is 15.4 Å². The molecule has 2 aromatic carbocycles. The molecule has 2 aromatic heterocycles. The van der Waals surface area contributed by atoms with Gasteiger partial charge in [-0.05, 0) is 43.2 Å². The van der Waals surface area contributed by atoms with Crippen molar-refractivity contribution < 1.29 is 28.3 Å². The normalized spacial score (nSPS) is 10.9. The number of nitrogens with zero attached hydrogens (tertiary/aromatic N) is 2. The van der Waals surface area contributed by atoms with Crippen molar-refractivity contribution in [3.63, 3.8) is 0 Å². The van der Waals surface area contributed by atoms with Crippen LogP contribution in [0.25, 0.3) is 10.9 Å². The zero-order valence-electron chi connectivity index (χ0n) is 18.7. The van der Waals surface area contributed by atoms with Crippen molar-refractivity contribution in [3.05, 3.63) is 65.4 Å². The lowest BCUT2D eigenvalue weighted by atomic mass is 10.1. The molecule has 182 valence electrons. The average Bonchev–Trinajstić information content (AvgIpc) is 3.31. The van der Waals surface area contributed by atoms with Crippen molar-refractivity contribution in [1.29, 1.82) is 0 Å². The monoisotopic (exact) mass is 500 g/mol. The van der Waals surface area contributed by atoms with Gasteiger partial charge in [-0.2, -0.15) is 0 Å². The summed E-state index contributed by atoms with van der Waals surface area (Å²) < 4.78 is 30.7. The molecule has 2 heterocycles. The Morgan fingerprint density at radius 1 is 1.14 bits per heavy atom. The fourth-order valence-corrected chi connectivity index (χ4v) is 3.59. The van der Waals surface area contributed by atoms with E-state index in [1.54, 1.807) is 35.8 Å². The van der Waals surface area contributed by atoms with Gasteiger partial charge in [0.15, 0.2) is 11.5 Å². The van der Waals surface area contributed by atoms with Gasteiger partial charge >= 0.3 is 0 Å². The van der Waals surface area contributed by atoms with Gasteiger partial charge in [0.2, 0.25) is 5.91 Å². The summed E-state index contributed by atoms with van der Waals surface area (Å²) in [6, 6.07) is 11.2. The number of hydrogen-bond acceptors (Lipinski definition) is 8. The zero-order valence-corrected chi connectivity index (χ0v) is 19.4. The van der Waals surface area contributed by atoms with Crippen LogP contribution >= 0.6 is 11.6 Å². The molecular weight excluding hydrogens is 479 g/mol. The number of benzene rings is 2. The number of ether oxygens (including phenoxy) is 2. The fraction of sp³-hybridized carbons (Fsp3) is 0.208. The highest BCUT2D eigenvalue weighted by Crippen LogP contribution is 2.38. The van der Waals surface area contributed by atoms with E-state index in [4.69, 9.17) is 30.7 Å². The van der Waals surface area contributed by atoms with E-state index in [0.717, 1.165) is 0 Å². The fourth-order valence-electron chi connectivity index (χ4n) is 3.41. The summed E-state index contributed by atoms with van der Waals surface area (Å²) in [5, 5.41) is 12.3. The summed E-state index contributed by atoms with van der Waals surface area (Å²) in [5.74, 6) is 1.33. The van der Waals surface area contributed by atoms with Crippen LogP contribution in [0.2, 0.25) is 5.02 Å². The van der Waals surface area contributed by atoms with Crippen LogP contribution < -0.4 is 20.3 Å². The molecule has 0 fully saturated rings. The molecule has 0 atom stereocenters. The molecule has 0 saturated carbocycles. The predicted molar refractivity (Wildman–Crippen MR) is 127 cm³/mol. The van der Waals surface area contributed by atoms with E-state index >= 15 is 0 Å². The third-order valence-electron chi connectivity index (χ3n) is 5.15. The number of unbranched alkanes of at least 4 members (excludes halogenated alkanes) is 1. The van der Waals surface area contributed by atoms with E-state index in [2.05, 4.69) is 15.3 Å². The number of hydrogen-bond donors (Lipinski definition) is 3. The first-order valence-electron chi connectivity index (χ1n) is 10.7. The number of fused-ring (bicyclic) bond motifs is 1. The lowest BCUT2D eigenvalue weighted by Crippen LogP contribution is -2.17. The van der Waals surface area contributed by atoms with Gasteiger partial charge in [-0.15, -0.1) is 0 Å². The van der Waals surface area contributed by atoms with Gasteiger partial charge in [0.05, 0.1) is 17.6 Å². The molecule has 3 N–H and O–H groups in total. The molecule has 0 aliphatic carbocycles. The minimum absolute atomic E-state index is 0.00987. The van der Waals surface area contributed by atoms with Gasteiger partial charge < -0.3 is 19.2 Å². The second-order valence-electron chi connectivity index (χ2n) is 7.56. The van der Waals surface area contributed by atoms with Crippen LogP contribution in [0.3, 0.4) is 0 Å².